The summed E-state index contributed by atoms with van der Waals surface area (Å²) in [5, 5.41) is 3.28. The third kappa shape index (κ3) is 4.45. The van der Waals surface area contributed by atoms with Crippen molar-refractivity contribution in [1.82, 2.24) is 13.5 Å². The number of fused-ring (bicyclic) bond motifs is 1. The molecular formula is C21H17ClN4O3S2. The molecule has 1 heterocycles. The summed E-state index contributed by atoms with van der Waals surface area (Å²) in [5.41, 5.74) is 2.42. The minimum Gasteiger partial charge on any atom is -0.324 e. The molecule has 1 amide bonds. The molecule has 158 valence electrons. The minimum absolute atomic E-state index is 0.0357. The van der Waals surface area contributed by atoms with Gasteiger partial charge in [0, 0.05) is 10.7 Å². The Labute approximate surface area is 188 Å². The lowest BCUT2D eigenvalue weighted by Crippen LogP contribution is -2.37. The molecule has 0 aliphatic rings. The SMILES string of the molecule is Cc1c(Cl)cccc1NC(=O)C(NS(=O)(=O)c1cccc2nsnc12)c1ccccc1. The number of hydrogen-bond donors (Lipinski definition) is 2. The van der Waals surface area contributed by atoms with Crippen LogP contribution in [-0.2, 0) is 14.8 Å². The molecule has 0 aliphatic heterocycles. The second kappa shape index (κ2) is 8.72. The molecule has 0 bridgehead atoms. The van der Waals surface area contributed by atoms with E-state index in [4.69, 9.17) is 11.6 Å². The Balaban J connectivity index is 1.71. The molecule has 1 aromatic heterocycles. The summed E-state index contributed by atoms with van der Waals surface area (Å²) < 4.78 is 37.2. The summed E-state index contributed by atoms with van der Waals surface area (Å²) in [6.07, 6.45) is 0. The first kappa shape index (κ1) is 21.4. The molecule has 0 saturated carbocycles. The fourth-order valence-corrected chi connectivity index (χ4v) is 5.21. The van der Waals surface area contributed by atoms with Crippen molar-refractivity contribution in [3.05, 3.63) is 82.9 Å². The molecule has 3 aromatic carbocycles. The summed E-state index contributed by atoms with van der Waals surface area (Å²) in [7, 11) is -4.09. The number of anilines is 1. The molecule has 4 rings (SSSR count). The molecule has 1 unspecified atom stereocenters. The monoisotopic (exact) mass is 472 g/mol. The van der Waals surface area contributed by atoms with Gasteiger partial charge in [0.1, 0.15) is 22.0 Å². The molecule has 1 atom stereocenters. The number of carbonyl (C=O) groups excluding carboxylic acids is 1. The quantitative estimate of drug-likeness (QED) is 0.435. The molecule has 0 spiro atoms. The van der Waals surface area contributed by atoms with Gasteiger partial charge in [0.15, 0.2) is 0 Å². The van der Waals surface area contributed by atoms with Gasteiger partial charge >= 0.3 is 0 Å². The Bertz CT molecular complexity index is 1360. The second-order valence-electron chi connectivity index (χ2n) is 6.75. The van der Waals surface area contributed by atoms with Crippen molar-refractivity contribution in [2.24, 2.45) is 0 Å². The number of hydrogen-bond acceptors (Lipinski definition) is 6. The summed E-state index contributed by atoms with van der Waals surface area (Å²) in [6, 6.07) is 17.3. The maximum atomic E-state index is 13.2. The maximum Gasteiger partial charge on any atom is 0.247 e. The van der Waals surface area contributed by atoms with Gasteiger partial charge in [-0.05, 0) is 42.3 Å². The predicted molar refractivity (Wildman–Crippen MR) is 122 cm³/mol. The Kier molecular flexibility index (Phi) is 6.01. The van der Waals surface area contributed by atoms with E-state index in [1.165, 1.54) is 6.07 Å². The van der Waals surface area contributed by atoms with Gasteiger partial charge in [-0.1, -0.05) is 54.1 Å². The number of sulfonamides is 1. The van der Waals surface area contributed by atoms with Crippen molar-refractivity contribution in [2.75, 3.05) is 5.32 Å². The number of amides is 1. The summed E-state index contributed by atoms with van der Waals surface area (Å²) >= 11 is 7.08. The van der Waals surface area contributed by atoms with E-state index in [1.54, 1.807) is 67.6 Å². The van der Waals surface area contributed by atoms with Gasteiger partial charge in [0.2, 0.25) is 15.9 Å². The Morgan fingerprint density at radius 3 is 2.52 bits per heavy atom. The molecule has 0 radical (unpaired) electrons. The average molecular weight is 473 g/mol. The van der Waals surface area contributed by atoms with Crippen molar-refractivity contribution >= 4 is 56.0 Å². The van der Waals surface area contributed by atoms with Crippen LogP contribution in [0.1, 0.15) is 17.2 Å². The van der Waals surface area contributed by atoms with Crippen molar-refractivity contribution < 1.29 is 13.2 Å². The molecule has 2 N–H and O–H groups in total. The standard InChI is InChI=1S/C21H17ClN4O3S2/c1-13-15(22)9-5-10-16(13)23-21(27)19(14-7-3-2-4-8-14)26-31(28,29)18-12-6-11-17-20(18)25-30-24-17/h2-12,19,26H,1H3,(H,23,27). The van der Waals surface area contributed by atoms with E-state index in [2.05, 4.69) is 18.8 Å². The molecule has 0 saturated heterocycles. The molecule has 0 aliphatic carbocycles. The highest BCUT2D eigenvalue weighted by atomic mass is 35.5. The van der Waals surface area contributed by atoms with Crippen LogP contribution in [0.2, 0.25) is 5.02 Å². The summed E-state index contributed by atoms with van der Waals surface area (Å²) in [6.45, 7) is 1.77. The number of carbonyl (C=O) groups is 1. The van der Waals surface area contributed by atoms with E-state index in [9.17, 15) is 13.2 Å². The topological polar surface area (TPSA) is 101 Å². The zero-order valence-electron chi connectivity index (χ0n) is 16.2. The molecular weight excluding hydrogens is 456 g/mol. The molecule has 4 aromatic rings. The first-order valence-corrected chi connectivity index (χ1v) is 11.8. The molecule has 31 heavy (non-hydrogen) atoms. The van der Waals surface area contributed by atoms with Gasteiger partial charge in [-0.25, -0.2) is 8.42 Å². The van der Waals surface area contributed by atoms with Gasteiger partial charge in [-0.3, -0.25) is 4.79 Å². The Hall–Kier alpha value is -2.85. The highest BCUT2D eigenvalue weighted by Gasteiger charge is 2.29. The van der Waals surface area contributed by atoms with Crippen LogP contribution in [0, 0.1) is 6.92 Å². The van der Waals surface area contributed by atoms with Crippen LogP contribution in [0.15, 0.2) is 71.6 Å². The summed E-state index contributed by atoms with van der Waals surface area (Å²) in [5.74, 6) is -0.538. The highest BCUT2D eigenvalue weighted by molar-refractivity contribution is 7.89. The minimum atomic E-state index is -4.09. The van der Waals surface area contributed by atoms with Crippen molar-refractivity contribution in [2.45, 2.75) is 17.9 Å². The van der Waals surface area contributed by atoms with Gasteiger partial charge in [-0.15, -0.1) is 0 Å². The molecule has 0 fully saturated rings. The highest BCUT2D eigenvalue weighted by Crippen LogP contribution is 2.27. The predicted octanol–water partition coefficient (Wildman–Crippen LogP) is 4.31. The van der Waals surface area contributed by atoms with Gasteiger partial charge in [-0.2, -0.15) is 13.5 Å². The Morgan fingerprint density at radius 2 is 1.74 bits per heavy atom. The van der Waals surface area contributed by atoms with Crippen LogP contribution in [0.5, 0.6) is 0 Å². The van der Waals surface area contributed by atoms with Crippen LogP contribution in [0.4, 0.5) is 5.69 Å². The van der Waals surface area contributed by atoms with E-state index < -0.39 is 22.0 Å². The van der Waals surface area contributed by atoms with Crippen molar-refractivity contribution in [1.29, 1.82) is 0 Å². The van der Waals surface area contributed by atoms with Crippen LogP contribution >= 0.6 is 23.3 Å². The largest absolute Gasteiger partial charge is 0.324 e. The fourth-order valence-electron chi connectivity index (χ4n) is 3.08. The van der Waals surface area contributed by atoms with E-state index in [0.29, 0.717) is 27.4 Å². The number of rotatable bonds is 6. The van der Waals surface area contributed by atoms with E-state index in [-0.39, 0.29) is 10.4 Å². The number of nitrogens with one attached hydrogen (secondary N) is 2. The van der Waals surface area contributed by atoms with Gasteiger partial charge in [0.25, 0.3) is 0 Å². The van der Waals surface area contributed by atoms with Crippen LogP contribution in [-0.4, -0.2) is 23.1 Å². The zero-order chi connectivity index (χ0) is 22.0. The number of halogens is 1. The smallest absolute Gasteiger partial charge is 0.247 e. The zero-order valence-corrected chi connectivity index (χ0v) is 18.6. The van der Waals surface area contributed by atoms with Gasteiger partial charge in [0.05, 0.1) is 11.7 Å². The molecule has 7 nitrogen and oxygen atoms in total. The van der Waals surface area contributed by atoms with E-state index >= 15 is 0 Å². The lowest BCUT2D eigenvalue weighted by atomic mass is 10.1. The van der Waals surface area contributed by atoms with Gasteiger partial charge < -0.3 is 5.32 Å². The fraction of sp³-hybridized carbons (Fsp3) is 0.0952. The van der Waals surface area contributed by atoms with E-state index in [0.717, 1.165) is 11.7 Å². The Morgan fingerprint density at radius 1 is 1.00 bits per heavy atom. The maximum absolute atomic E-state index is 13.2. The molecule has 10 heteroatoms. The van der Waals surface area contributed by atoms with Crippen LogP contribution < -0.4 is 10.0 Å². The normalized spacial score (nSPS) is 12.6. The van der Waals surface area contributed by atoms with Crippen LogP contribution in [0.3, 0.4) is 0 Å². The summed E-state index contributed by atoms with van der Waals surface area (Å²) in [4.78, 5) is 13.2. The van der Waals surface area contributed by atoms with E-state index in [1.807, 2.05) is 0 Å². The third-order valence-electron chi connectivity index (χ3n) is 4.73. The average Bonchev–Trinajstić information content (AvgIpc) is 3.24. The number of nitrogens with zero attached hydrogens (tertiary/aromatic N) is 2. The number of aromatic nitrogens is 2. The first-order chi connectivity index (χ1) is 14.9. The van der Waals surface area contributed by atoms with Crippen molar-refractivity contribution in [3.8, 4) is 0 Å². The first-order valence-electron chi connectivity index (χ1n) is 9.21. The second-order valence-corrected chi connectivity index (χ2v) is 9.37. The lowest BCUT2D eigenvalue weighted by Gasteiger charge is -2.20. The third-order valence-corrected chi connectivity index (χ3v) is 7.14. The lowest BCUT2D eigenvalue weighted by molar-refractivity contribution is -0.117. The van der Waals surface area contributed by atoms with Crippen LogP contribution in [0.25, 0.3) is 11.0 Å². The van der Waals surface area contributed by atoms with Crippen molar-refractivity contribution in [3.63, 3.8) is 0 Å². The number of benzene rings is 3.